The molecule has 0 N–H and O–H groups in total. The van der Waals surface area contributed by atoms with Crippen molar-refractivity contribution >= 4 is 0 Å². The van der Waals surface area contributed by atoms with E-state index in [0.717, 1.165) is 0 Å². The summed E-state index contributed by atoms with van der Waals surface area (Å²) in [7, 11) is 0. The van der Waals surface area contributed by atoms with Gasteiger partial charge < -0.3 is 0 Å². The molecule has 0 atom stereocenters. The summed E-state index contributed by atoms with van der Waals surface area (Å²) in [5.74, 6) is 6.55. The molecular formula is C12H20. The monoisotopic (exact) mass is 164 g/mol. The molecule has 0 aliphatic heterocycles. The smallest absolute Gasteiger partial charge is 0.0362 e. The van der Waals surface area contributed by atoms with Crippen LogP contribution in [0.1, 0.15) is 53.4 Å². The van der Waals surface area contributed by atoms with E-state index in [1.54, 1.807) is 0 Å². The van der Waals surface area contributed by atoms with Gasteiger partial charge in [0.05, 0.1) is 0 Å². The molecule has 1 rings (SSSR count). The summed E-state index contributed by atoms with van der Waals surface area (Å²) in [5.41, 5.74) is 0.675. The largest absolute Gasteiger partial charge is 0.106 e. The van der Waals surface area contributed by atoms with E-state index >= 15 is 0 Å². The van der Waals surface area contributed by atoms with Crippen LogP contribution in [0, 0.1) is 22.7 Å². The van der Waals surface area contributed by atoms with Gasteiger partial charge in [0.1, 0.15) is 0 Å². The third-order valence-electron chi connectivity index (χ3n) is 3.26. The standard InChI is InChI=1S/C12H20/c1-5-8-12(11(2,3)4)9-6-7-10-12/h6-7,9-10H2,1-4H3. The summed E-state index contributed by atoms with van der Waals surface area (Å²) in [6.07, 6.45) is 5.34. The molecule has 0 unspecified atom stereocenters. The third-order valence-corrected chi connectivity index (χ3v) is 3.26. The Labute approximate surface area is 76.7 Å². The van der Waals surface area contributed by atoms with E-state index < -0.39 is 0 Å². The predicted molar refractivity (Wildman–Crippen MR) is 53.8 cm³/mol. The maximum absolute atomic E-state index is 3.45. The summed E-state index contributed by atoms with van der Waals surface area (Å²) in [6, 6.07) is 0. The molecule has 0 heterocycles. The van der Waals surface area contributed by atoms with Gasteiger partial charge in [0.25, 0.3) is 0 Å². The first-order valence-electron chi connectivity index (χ1n) is 4.96. The van der Waals surface area contributed by atoms with Gasteiger partial charge in [-0.2, -0.15) is 0 Å². The number of rotatable bonds is 0. The van der Waals surface area contributed by atoms with E-state index in [1.165, 1.54) is 25.7 Å². The first-order chi connectivity index (χ1) is 5.52. The second kappa shape index (κ2) is 3.13. The Morgan fingerprint density at radius 3 is 1.92 bits per heavy atom. The van der Waals surface area contributed by atoms with Crippen molar-refractivity contribution in [1.29, 1.82) is 0 Å². The zero-order valence-electron chi connectivity index (χ0n) is 8.83. The Kier molecular flexibility index (Phi) is 2.52. The molecule has 12 heavy (non-hydrogen) atoms. The predicted octanol–water partition coefficient (Wildman–Crippen LogP) is 3.62. The molecule has 1 aliphatic rings. The second-order valence-corrected chi connectivity index (χ2v) is 4.91. The molecule has 0 aromatic carbocycles. The van der Waals surface area contributed by atoms with Crippen LogP contribution in [0.5, 0.6) is 0 Å². The molecule has 0 nitrogen and oxygen atoms in total. The summed E-state index contributed by atoms with van der Waals surface area (Å²) in [4.78, 5) is 0. The lowest BCUT2D eigenvalue weighted by atomic mass is 9.66. The lowest BCUT2D eigenvalue weighted by molar-refractivity contribution is 0.165. The molecule has 0 saturated heterocycles. The molecule has 0 amide bonds. The fourth-order valence-corrected chi connectivity index (χ4v) is 2.28. The summed E-state index contributed by atoms with van der Waals surface area (Å²) >= 11 is 0. The highest BCUT2D eigenvalue weighted by molar-refractivity contribution is 5.16. The van der Waals surface area contributed by atoms with E-state index in [-0.39, 0.29) is 0 Å². The van der Waals surface area contributed by atoms with Gasteiger partial charge in [0.2, 0.25) is 0 Å². The van der Waals surface area contributed by atoms with E-state index in [1.807, 2.05) is 6.92 Å². The molecule has 68 valence electrons. The van der Waals surface area contributed by atoms with Crippen molar-refractivity contribution in [2.24, 2.45) is 10.8 Å². The van der Waals surface area contributed by atoms with Crippen molar-refractivity contribution in [2.45, 2.75) is 53.4 Å². The maximum Gasteiger partial charge on any atom is 0.0362 e. The molecule has 1 saturated carbocycles. The minimum absolute atomic E-state index is 0.321. The van der Waals surface area contributed by atoms with Gasteiger partial charge in [-0.25, -0.2) is 0 Å². The van der Waals surface area contributed by atoms with Gasteiger partial charge in [-0.05, 0) is 25.2 Å². The fraction of sp³-hybridized carbons (Fsp3) is 0.833. The average Bonchev–Trinajstić information content (AvgIpc) is 2.36. The summed E-state index contributed by atoms with van der Waals surface area (Å²) in [5, 5.41) is 0. The van der Waals surface area contributed by atoms with Gasteiger partial charge in [-0.15, -0.1) is 5.92 Å². The molecule has 1 aliphatic carbocycles. The Bertz CT molecular complexity index is 200. The van der Waals surface area contributed by atoms with E-state index in [2.05, 4.69) is 32.6 Å². The van der Waals surface area contributed by atoms with Crippen molar-refractivity contribution in [1.82, 2.24) is 0 Å². The van der Waals surface area contributed by atoms with Crippen LogP contribution < -0.4 is 0 Å². The Morgan fingerprint density at radius 2 is 1.58 bits per heavy atom. The van der Waals surface area contributed by atoms with Crippen molar-refractivity contribution in [2.75, 3.05) is 0 Å². The molecule has 0 heteroatoms. The van der Waals surface area contributed by atoms with Crippen LogP contribution in [0.4, 0.5) is 0 Å². The van der Waals surface area contributed by atoms with E-state index in [4.69, 9.17) is 0 Å². The van der Waals surface area contributed by atoms with Crippen LogP contribution in [-0.4, -0.2) is 0 Å². The van der Waals surface area contributed by atoms with Gasteiger partial charge in [-0.1, -0.05) is 39.5 Å². The zero-order chi connectivity index (χ0) is 9.24. The van der Waals surface area contributed by atoms with Crippen LogP contribution in [0.25, 0.3) is 0 Å². The van der Waals surface area contributed by atoms with Gasteiger partial charge in [0.15, 0.2) is 0 Å². The molecule has 0 bridgehead atoms. The third kappa shape index (κ3) is 1.51. The average molecular weight is 164 g/mol. The maximum atomic E-state index is 3.45. The second-order valence-electron chi connectivity index (χ2n) is 4.91. The fourth-order valence-electron chi connectivity index (χ4n) is 2.28. The highest BCUT2D eigenvalue weighted by Gasteiger charge is 2.42. The first kappa shape index (κ1) is 9.65. The normalized spacial score (nSPS) is 21.7. The molecule has 0 aromatic heterocycles. The van der Waals surface area contributed by atoms with Gasteiger partial charge in [-0.3, -0.25) is 0 Å². The minimum Gasteiger partial charge on any atom is -0.106 e. The summed E-state index contributed by atoms with van der Waals surface area (Å²) < 4.78 is 0. The highest BCUT2D eigenvalue weighted by atomic mass is 14.4. The van der Waals surface area contributed by atoms with Crippen molar-refractivity contribution in [3.05, 3.63) is 0 Å². The number of hydrogen-bond donors (Lipinski definition) is 0. The zero-order valence-corrected chi connectivity index (χ0v) is 8.83. The van der Waals surface area contributed by atoms with Crippen molar-refractivity contribution < 1.29 is 0 Å². The Balaban J connectivity index is 2.92. The molecule has 0 spiro atoms. The molecule has 0 aromatic rings. The van der Waals surface area contributed by atoms with E-state index in [0.29, 0.717) is 10.8 Å². The topological polar surface area (TPSA) is 0 Å². The van der Waals surface area contributed by atoms with Crippen LogP contribution in [0.2, 0.25) is 0 Å². The molecule has 0 radical (unpaired) electrons. The molecule has 1 fully saturated rings. The van der Waals surface area contributed by atoms with Crippen LogP contribution >= 0.6 is 0 Å². The van der Waals surface area contributed by atoms with Crippen LogP contribution in [0.15, 0.2) is 0 Å². The van der Waals surface area contributed by atoms with Gasteiger partial charge >= 0.3 is 0 Å². The van der Waals surface area contributed by atoms with Crippen molar-refractivity contribution in [3.8, 4) is 11.8 Å². The lowest BCUT2D eigenvalue weighted by Gasteiger charge is -2.37. The SMILES string of the molecule is CC#CC1(C(C)(C)C)CCCC1. The van der Waals surface area contributed by atoms with Crippen LogP contribution in [-0.2, 0) is 0 Å². The minimum atomic E-state index is 0.321. The Hall–Kier alpha value is -0.440. The highest BCUT2D eigenvalue weighted by Crippen LogP contribution is 2.50. The van der Waals surface area contributed by atoms with E-state index in [9.17, 15) is 0 Å². The number of hydrogen-bond acceptors (Lipinski definition) is 0. The van der Waals surface area contributed by atoms with Crippen LogP contribution in [0.3, 0.4) is 0 Å². The quantitative estimate of drug-likeness (QED) is 0.480. The Morgan fingerprint density at radius 1 is 1.08 bits per heavy atom. The van der Waals surface area contributed by atoms with Gasteiger partial charge in [0, 0.05) is 5.41 Å². The first-order valence-corrected chi connectivity index (χ1v) is 4.96. The molecular weight excluding hydrogens is 144 g/mol. The van der Waals surface area contributed by atoms with Crippen molar-refractivity contribution in [3.63, 3.8) is 0 Å². The lowest BCUT2D eigenvalue weighted by Crippen LogP contribution is -2.31. The summed E-state index contributed by atoms with van der Waals surface area (Å²) in [6.45, 7) is 8.93.